The second kappa shape index (κ2) is 8.60. The maximum atomic E-state index is 15.0. The van der Waals surface area contributed by atoms with Gasteiger partial charge in [0.15, 0.2) is 11.6 Å². The number of hydrogen-bond donors (Lipinski definition) is 0. The highest BCUT2D eigenvalue weighted by atomic mass is 32.1. The summed E-state index contributed by atoms with van der Waals surface area (Å²) < 4.78 is 35.7. The fourth-order valence-corrected chi connectivity index (χ4v) is 5.91. The van der Waals surface area contributed by atoms with Crippen molar-refractivity contribution in [2.24, 2.45) is 0 Å². The molecule has 2 aromatic carbocycles. The predicted molar refractivity (Wildman–Crippen MR) is 119 cm³/mol. The second-order valence-electron chi connectivity index (χ2n) is 8.50. The summed E-state index contributed by atoms with van der Waals surface area (Å²) in [5.74, 6) is -0.918. The normalized spacial score (nSPS) is 19.6. The van der Waals surface area contributed by atoms with E-state index < -0.39 is 11.6 Å². The molecule has 30 heavy (non-hydrogen) atoms. The minimum absolute atomic E-state index is 0.257. The van der Waals surface area contributed by atoms with Gasteiger partial charge in [-0.3, -0.25) is 0 Å². The lowest BCUT2D eigenvalue weighted by Crippen LogP contribution is -2.07. The molecule has 0 N–H and O–H groups in total. The lowest BCUT2D eigenvalue weighted by atomic mass is 9.94. The van der Waals surface area contributed by atoms with E-state index in [1.54, 1.807) is 12.1 Å². The number of rotatable bonds is 5. The molecule has 2 aliphatic rings. The maximum Gasteiger partial charge on any atom is 0.168 e. The van der Waals surface area contributed by atoms with Crippen molar-refractivity contribution in [3.63, 3.8) is 0 Å². The van der Waals surface area contributed by atoms with Gasteiger partial charge in [0, 0.05) is 33.9 Å². The molecule has 1 saturated carbocycles. The first-order valence-electron chi connectivity index (χ1n) is 11.0. The molecule has 2 fully saturated rings. The van der Waals surface area contributed by atoms with Crippen LogP contribution in [0.25, 0.3) is 21.6 Å². The highest BCUT2D eigenvalue weighted by Crippen LogP contribution is 2.37. The molecule has 1 unspecified atom stereocenters. The van der Waals surface area contributed by atoms with Crippen LogP contribution in [0.3, 0.4) is 0 Å². The van der Waals surface area contributed by atoms with Gasteiger partial charge in [-0.1, -0.05) is 43.2 Å². The summed E-state index contributed by atoms with van der Waals surface area (Å²) >= 11 is 1.53. The van der Waals surface area contributed by atoms with Crippen molar-refractivity contribution < 1.29 is 13.5 Å². The van der Waals surface area contributed by atoms with Gasteiger partial charge < -0.3 is 4.74 Å². The van der Waals surface area contributed by atoms with Gasteiger partial charge in [0.1, 0.15) is 0 Å². The first-order chi connectivity index (χ1) is 14.7. The number of benzene rings is 2. The predicted octanol–water partition coefficient (Wildman–Crippen LogP) is 7.74. The zero-order valence-corrected chi connectivity index (χ0v) is 17.8. The Hall–Kier alpha value is -2.04. The molecule has 1 nitrogen and oxygen atoms in total. The number of ether oxygens (including phenoxy) is 1. The Kier molecular flexibility index (Phi) is 5.70. The molecule has 0 radical (unpaired) electrons. The lowest BCUT2D eigenvalue weighted by molar-refractivity contribution is 0.112. The molecular weight excluding hydrogens is 398 g/mol. The van der Waals surface area contributed by atoms with E-state index in [-0.39, 0.29) is 6.10 Å². The van der Waals surface area contributed by atoms with Crippen molar-refractivity contribution in [3.05, 3.63) is 70.6 Å². The van der Waals surface area contributed by atoms with Crippen LogP contribution in [-0.4, -0.2) is 12.7 Å². The summed E-state index contributed by atoms with van der Waals surface area (Å²) in [6.07, 6.45) is 8.31. The highest BCUT2D eigenvalue weighted by Gasteiger charge is 2.21. The van der Waals surface area contributed by atoms with Crippen LogP contribution in [0, 0.1) is 11.6 Å². The van der Waals surface area contributed by atoms with E-state index >= 15 is 0 Å². The summed E-state index contributed by atoms with van der Waals surface area (Å²) in [5.41, 5.74) is 2.70. The SMILES string of the molecule is Fc1c(-c2ccc(C3CCCC3)cc2)ccc(-c2ccc(CC3CCCO3)s2)c1F. The number of halogens is 2. The molecule has 1 aliphatic heterocycles. The summed E-state index contributed by atoms with van der Waals surface area (Å²) in [7, 11) is 0. The molecule has 0 spiro atoms. The Morgan fingerprint density at radius 2 is 1.53 bits per heavy atom. The second-order valence-corrected chi connectivity index (χ2v) is 9.67. The Labute approximate surface area is 180 Å². The van der Waals surface area contributed by atoms with Gasteiger partial charge in [-0.05, 0) is 60.9 Å². The number of thiophene rings is 1. The van der Waals surface area contributed by atoms with Crippen molar-refractivity contribution in [1.82, 2.24) is 0 Å². The first-order valence-corrected chi connectivity index (χ1v) is 11.8. The summed E-state index contributed by atoms with van der Waals surface area (Å²) in [4.78, 5) is 1.92. The summed E-state index contributed by atoms with van der Waals surface area (Å²) in [5, 5.41) is 0. The zero-order chi connectivity index (χ0) is 20.5. The van der Waals surface area contributed by atoms with Crippen molar-refractivity contribution in [3.8, 4) is 21.6 Å². The molecule has 0 amide bonds. The molecule has 1 saturated heterocycles. The Bertz CT molecular complexity index is 1010. The first kappa shape index (κ1) is 19.9. The largest absolute Gasteiger partial charge is 0.378 e. The van der Waals surface area contributed by atoms with E-state index in [0.29, 0.717) is 17.0 Å². The van der Waals surface area contributed by atoms with Crippen molar-refractivity contribution in [2.45, 2.75) is 57.0 Å². The fraction of sp³-hybridized carbons (Fsp3) is 0.385. The van der Waals surface area contributed by atoms with Crippen LogP contribution in [-0.2, 0) is 11.2 Å². The third-order valence-electron chi connectivity index (χ3n) is 6.51. The average Bonchev–Trinajstić information content (AvgIpc) is 3.54. The summed E-state index contributed by atoms with van der Waals surface area (Å²) in [6.45, 7) is 0.825. The van der Waals surface area contributed by atoms with Gasteiger partial charge in [0.05, 0.1) is 6.10 Å². The minimum Gasteiger partial charge on any atom is -0.378 e. The third kappa shape index (κ3) is 3.95. The fourth-order valence-electron chi connectivity index (χ4n) is 4.82. The Morgan fingerprint density at radius 3 is 2.27 bits per heavy atom. The highest BCUT2D eigenvalue weighted by molar-refractivity contribution is 7.15. The topological polar surface area (TPSA) is 9.23 Å². The molecule has 5 rings (SSSR count). The van der Waals surface area contributed by atoms with Gasteiger partial charge in [-0.2, -0.15) is 0 Å². The van der Waals surface area contributed by atoms with Crippen LogP contribution >= 0.6 is 11.3 Å². The van der Waals surface area contributed by atoms with Gasteiger partial charge in [-0.15, -0.1) is 11.3 Å². The van der Waals surface area contributed by atoms with E-state index in [0.717, 1.165) is 41.2 Å². The van der Waals surface area contributed by atoms with Gasteiger partial charge in [0.2, 0.25) is 0 Å². The monoisotopic (exact) mass is 424 g/mol. The van der Waals surface area contributed by atoms with Gasteiger partial charge in [0.25, 0.3) is 0 Å². The van der Waals surface area contributed by atoms with Gasteiger partial charge in [-0.25, -0.2) is 8.78 Å². The molecule has 1 atom stereocenters. The van der Waals surface area contributed by atoms with Gasteiger partial charge >= 0.3 is 0 Å². The van der Waals surface area contributed by atoms with Crippen LogP contribution in [0.15, 0.2) is 48.5 Å². The molecular formula is C26H26F2OS. The van der Waals surface area contributed by atoms with Crippen molar-refractivity contribution >= 4 is 11.3 Å². The molecule has 1 aliphatic carbocycles. The molecule has 0 bridgehead atoms. The quantitative estimate of drug-likeness (QED) is 0.407. The molecule has 3 aromatic rings. The van der Waals surface area contributed by atoms with Crippen LogP contribution in [0.1, 0.15) is 54.9 Å². The van der Waals surface area contributed by atoms with E-state index in [1.165, 1.54) is 42.6 Å². The van der Waals surface area contributed by atoms with E-state index in [4.69, 9.17) is 4.74 Å². The van der Waals surface area contributed by atoms with Crippen molar-refractivity contribution in [1.29, 1.82) is 0 Å². The van der Waals surface area contributed by atoms with Crippen LogP contribution in [0.2, 0.25) is 0 Å². The summed E-state index contributed by atoms with van der Waals surface area (Å²) in [6, 6.07) is 15.3. The smallest absolute Gasteiger partial charge is 0.168 e. The maximum absolute atomic E-state index is 15.0. The molecule has 4 heteroatoms. The van der Waals surface area contributed by atoms with E-state index in [2.05, 4.69) is 12.1 Å². The third-order valence-corrected chi connectivity index (χ3v) is 7.65. The minimum atomic E-state index is -0.768. The lowest BCUT2D eigenvalue weighted by Gasteiger charge is -2.12. The average molecular weight is 425 g/mol. The van der Waals surface area contributed by atoms with Crippen LogP contribution < -0.4 is 0 Å². The van der Waals surface area contributed by atoms with Crippen molar-refractivity contribution in [2.75, 3.05) is 6.61 Å². The molecule has 156 valence electrons. The Balaban J connectivity index is 1.38. The number of hydrogen-bond acceptors (Lipinski definition) is 2. The van der Waals surface area contributed by atoms with E-state index in [9.17, 15) is 8.78 Å². The van der Waals surface area contributed by atoms with Crippen LogP contribution in [0.4, 0.5) is 8.78 Å². The standard InChI is InChI=1S/C26H26F2OS/c27-25-22(19-9-7-18(8-10-19)17-4-1-2-5-17)12-13-23(26(25)28)24-14-11-21(30-24)16-20-6-3-15-29-20/h7-14,17,20H,1-6,15-16H2. The zero-order valence-electron chi connectivity index (χ0n) is 17.0. The van der Waals surface area contributed by atoms with Crippen LogP contribution in [0.5, 0.6) is 0 Å². The Morgan fingerprint density at radius 1 is 0.800 bits per heavy atom. The molecule has 1 aromatic heterocycles. The van der Waals surface area contributed by atoms with E-state index in [1.807, 2.05) is 24.3 Å². The molecule has 2 heterocycles.